The van der Waals surface area contributed by atoms with Crippen LogP contribution in [0.1, 0.15) is 42.4 Å². The molecule has 1 aliphatic heterocycles. The van der Waals surface area contributed by atoms with Crippen molar-refractivity contribution in [1.29, 1.82) is 0 Å². The first-order chi connectivity index (χ1) is 13.3. The number of piperidine rings is 1. The molecule has 0 saturated carbocycles. The molecule has 150 valence electrons. The number of carboxylic acids is 1. The van der Waals surface area contributed by atoms with Crippen LogP contribution in [0.4, 0.5) is 13.2 Å². The molecule has 0 amide bonds. The highest BCUT2D eigenvalue weighted by Crippen LogP contribution is 2.40. The highest BCUT2D eigenvalue weighted by Gasteiger charge is 2.34. The maximum absolute atomic E-state index is 12.9. The second kappa shape index (κ2) is 8.35. The fourth-order valence-electron chi connectivity index (χ4n) is 4.25. The van der Waals surface area contributed by atoms with Crippen molar-refractivity contribution < 1.29 is 23.1 Å². The normalized spacial score (nSPS) is 22.0. The van der Waals surface area contributed by atoms with Crippen LogP contribution >= 0.6 is 0 Å². The lowest BCUT2D eigenvalue weighted by molar-refractivity contribution is -0.139. The number of hydrogen-bond acceptors (Lipinski definition) is 2. The Morgan fingerprint density at radius 2 is 1.71 bits per heavy atom. The predicted molar refractivity (Wildman–Crippen MR) is 101 cm³/mol. The summed E-state index contributed by atoms with van der Waals surface area (Å²) in [4.78, 5) is 13.0. The van der Waals surface area contributed by atoms with Gasteiger partial charge in [0.15, 0.2) is 0 Å². The number of carbonyl (C=O) groups is 1. The zero-order valence-electron chi connectivity index (χ0n) is 15.7. The minimum atomic E-state index is -4.35. The summed E-state index contributed by atoms with van der Waals surface area (Å²) in [5.74, 6) is -0.621. The molecule has 0 radical (unpaired) electrons. The summed E-state index contributed by atoms with van der Waals surface area (Å²) in [7, 11) is 0. The van der Waals surface area contributed by atoms with E-state index < -0.39 is 17.7 Å². The average Bonchev–Trinajstić information content (AvgIpc) is 2.64. The van der Waals surface area contributed by atoms with Gasteiger partial charge in [0.05, 0.1) is 12.1 Å². The van der Waals surface area contributed by atoms with Crippen LogP contribution in [-0.2, 0) is 11.0 Å². The van der Waals surface area contributed by atoms with Crippen LogP contribution in [0.5, 0.6) is 0 Å². The number of benzene rings is 2. The van der Waals surface area contributed by atoms with Crippen LogP contribution in [0.15, 0.2) is 54.6 Å². The molecule has 0 bridgehead atoms. The van der Waals surface area contributed by atoms with E-state index in [0.717, 1.165) is 36.1 Å². The molecule has 3 unspecified atom stereocenters. The fourth-order valence-corrected chi connectivity index (χ4v) is 4.25. The van der Waals surface area contributed by atoms with Crippen molar-refractivity contribution in [3.05, 3.63) is 71.3 Å². The largest absolute Gasteiger partial charge is 0.480 e. The lowest BCUT2D eigenvalue weighted by Crippen LogP contribution is -2.44. The molecule has 1 saturated heterocycles. The van der Waals surface area contributed by atoms with Crippen LogP contribution in [0, 0.1) is 5.92 Å². The van der Waals surface area contributed by atoms with Crippen LogP contribution in [0.3, 0.4) is 0 Å². The molecule has 3 atom stereocenters. The highest BCUT2D eigenvalue weighted by molar-refractivity contribution is 5.69. The maximum atomic E-state index is 12.9. The lowest BCUT2D eigenvalue weighted by atomic mass is 9.74. The summed E-state index contributed by atoms with van der Waals surface area (Å²) in [6.07, 6.45) is -2.75. The first kappa shape index (κ1) is 20.4. The van der Waals surface area contributed by atoms with Gasteiger partial charge in [-0.3, -0.25) is 9.69 Å². The number of carboxylic acid groups (broad SMARTS) is 1. The van der Waals surface area contributed by atoms with Crippen LogP contribution in [-0.4, -0.2) is 35.1 Å². The summed E-state index contributed by atoms with van der Waals surface area (Å²) >= 11 is 0. The maximum Gasteiger partial charge on any atom is 0.416 e. The number of nitrogens with zero attached hydrogens (tertiary/aromatic N) is 1. The first-order valence-electron chi connectivity index (χ1n) is 9.43. The Morgan fingerprint density at radius 1 is 1.11 bits per heavy atom. The van der Waals surface area contributed by atoms with Crippen LogP contribution in [0.2, 0.25) is 0 Å². The Hall–Kier alpha value is -2.34. The van der Waals surface area contributed by atoms with Crippen molar-refractivity contribution >= 4 is 5.97 Å². The monoisotopic (exact) mass is 391 g/mol. The van der Waals surface area contributed by atoms with E-state index in [4.69, 9.17) is 5.11 Å². The van der Waals surface area contributed by atoms with E-state index in [2.05, 4.69) is 0 Å². The molecule has 0 aromatic heterocycles. The molecule has 1 N–H and O–H groups in total. The summed E-state index contributed by atoms with van der Waals surface area (Å²) in [5.41, 5.74) is 1.29. The van der Waals surface area contributed by atoms with E-state index in [0.29, 0.717) is 6.54 Å². The van der Waals surface area contributed by atoms with E-state index in [1.165, 1.54) is 0 Å². The average molecular weight is 391 g/mol. The molecule has 0 aliphatic carbocycles. The van der Waals surface area contributed by atoms with Crippen molar-refractivity contribution in [2.75, 3.05) is 13.1 Å². The van der Waals surface area contributed by atoms with Crippen LogP contribution in [0.25, 0.3) is 0 Å². The molecule has 1 fully saturated rings. The Morgan fingerprint density at radius 3 is 2.25 bits per heavy atom. The lowest BCUT2D eigenvalue weighted by Gasteiger charge is -2.40. The van der Waals surface area contributed by atoms with Gasteiger partial charge in [-0.25, -0.2) is 0 Å². The Balaban J connectivity index is 1.88. The Bertz CT molecular complexity index is 790. The van der Waals surface area contributed by atoms with Gasteiger partial charge in [0.1, 0.15) is 0 Å². The van der Waals surface area contributed by atoms with Gasteiger partial charge < -0.3 is 5.11 Å². The van der Waals surface area contributed by atoms with Crippen molar-refractivity contribution in [3.8, 4) is 0 Å². The minimum Gasteiger partial charge on any atom is -0.480 e. The van der Waals surface area contributed by atoms with E-state index in [-0.39, 0.29) is 24.4 Å². The third kappa shape index (κ3) is 4.73. The van der Waals surface area contributed by atoms with Crippen LogP contribution < -0.4 is 0 Å². The van der Waals surface area contributed by atoms with Crippen molar-refractivity contribution in [2.45, 2.75) is 37.9 Å². The van der Waals surface area contributed by atoms with Crippen molar-refractivity contribution in [3.63, 3.8) is 0 Å². The van der Waals surface area contributed by atoms with E-state index in [1.54, 1.807) is 12.1 Å². The first-order valence-corrected chi connectivity index (χ1v) is 9.43. The number of likely N-dealkylation sites (tertiary alicyclic amines) is 1. The van der Waals surface area contributed by atoms with Crippen molar-refractivity contribution in [1.82, 2.24) is 4.90 Å². The third-order valence-electron chi connectivity index (χ3n) is 5.62. The molecule has 2 aromatic carbocycles. The van der Waals surface area contributed by atoms with E-state index in [9.17, 15) is 18.0 Å². The van der Waals surface area contributed by atoms with E-state index >= 15 is 0 Å². The Labute approximate surface area is 162 Å². The van der Waals surface area contributed by atoms with Gasteiger partial charge >= 0.3 is 12.1 Å². The second-order valence-corrected chi connectivity index (χ2v) is 7.51. The molecule has 1 heterocycles. The smallest absolute Gasteiger partial charge is 0.416 e. The molecular formula is C22H24F3NO2. The Kier molecular flexibility index (Phi) is 6.08. The molecule has 28 heavy (non-hydrogen) atoms. The number of halogens is 3. The molecule has 6 heteroatoms. The van der Waals surface area contributed by atoms with Crippen molar-refractivity contribution in [2.24, 2.45) is 5.92 Å². The summed E-state index contributed by atoms with van der Waals surface area (Å²) in [5, 5.41) is 9.07. The molecule has 3 rings (SSSR count). The fraction of sp³-hybridized carbons (Fsp3) is 0.409. The number of rotatable bonds is 5. The van der Waals surface area contributed by atoms with Gasteiger partial charge in [-0.1, -0.05) is 42.5 Å². The second-order valence-electron chi connectivity index (χ2n) is 7.51. The molecule has 0 spiro atoms. The zero-order chi connectivity index (χ0) is 20.3. The van der Waals surface area contributed by atoms with Gasteiger partial charge in [-0.2, -0.15) is 13.2 Å². The topological polar surface area (TPSA) is 40.5 Å². The number of hydrogen-bond donors (Lipinski definition) is 1. The zero-order valence-corrected chi connectivity index (χ0v) is 15.7. The SMILES string of the molecule is CC1CC(C(c2ccccc2)c2ccc(C(F)(F)F)cc2)CCN1CC(=O)O. The number of aliphatic carboxylic acids is 1. The van der Waals surface area contributed by atoms with E-state index in [1.807, 2.05) is 42.2 Å². The van der Waals surface area contributed by atoms with Gasteiger partial charge in [0, 0.05) is 12.0 Å². The summed E-state index contributed by atoms with van der Waals surface area (Å²) in [6.45, 7) is 2.70. The third-order valence-corrected chi connectivity index (χ3v) is 5.62. The molecule has 3 nitrogen and oxygen atoms in total. The molecule has 1 aliphatic rings. The van der Waals surface area contributed by atoms with Gasteiger partial charge in [0.2, 0.25) is 0 Å². The minimum absolute atomic E-state index is 0.0158. The predicted octanol–water partition coefficient (Wildman–Crippen LogP) is 5.02. The number of alkyl halides is 3. The molecule has 2 aromatic rings. The quantitative estimate of drug-likeness (QED) is 0.778. The molecular weight excluding hydrogens is 367 g/mol. The highest BCUT2D eigenvalue weighted by atomic mass is 19.4. The van der Waals surface area contributed by atoms with Gasteiger partial charge in [-0.05, 0) is 55.5 Å². The van der Waals surface area contributed by atoms with Gasteiger partial charge in [0.25, 0.3) is 0 Å². The van der Waals surface area contributed by atoms with Gasteiger partial charge in [-0.15, -0.1) is 0 Å². The summed E-state index contributed by atoms with van der Waals surface area (Å²) < 4.78 is 38.8. The standard InChI is InChI=1S/C22H24F3NO2/c1-15-13-18(11-12-26(15)14-20(27)28)21(16-5-3-2-4-6-16)17-7-9-19(10-8-17)22(23,24)25/h2-10,15,18,21H,11-14H2,1H3,(H,27,28). The summed E-state index contributed by atoms with van der Waals surface area (Å²) in [6, 6.07) is 15.4.